The normalized spacial score (nSPS) is 10.5. The molecule has 86 heavy (non-hydrogen) atoms. The maximum absolute atomic E-state index is 13.3. The molecule has 0 aromatic heterocycles. The van der Waals surface area contributed by atoms with Crippen LogP contribution in [0, 0.1) is 48.5 Å². The molecule has 0 unspecified atom stereocenters. The van der Waals surface area contributed by atoms with E-state index in [1.165, 1.54) is 36.9 Å². The number of carbonyl (C=O) groups is 8. The van der Waals surface area contributed by atoms with Gasteiger partial charge < -0.3 is 19.3 Å². The number of carboxylic acids is 1. The predicted molar refractivity (Wildman–Crippen MR) is 341 cm³/mol. The van der Waals surface area contributed by atoms with E-state index >= 15 is 0 Å². The number of ether oxygens (including phenoxy) is 3. The SMILES string of the molecule is C=CCc1ccc(C(=O)Cl)c(C)c1OC(C)=O.C=CCc1ccc(C(=O)NN(C(=O)c2cc(C)cc(C)c2)C(C)(C)C)c(C)c1OC(C)=O.C=CCc1ccc(C(=O)O)c(C)c1OC(C)=O.Cc1cc(C)cc(C(=O)N(N)C(C)(C)C)c1.O=S(Cl)Cl. The van der Waals surface area contributed by atoms with Crippen molar-refractivity contribution >= 4 is 89.0 Å². The van der Waals surface area contributed by atoms with Crippen molar-refractivity contribution in [3.05, 3.63) is 194 Å². The smallest absolute Gasteiger partial charge is 0.336 e. The van der Waals surface area contributed by atoms with Crippen LogP contribution < -0.4 is 25.5 Å². The molecule has 4 N–H and O–H groups in total. The molecular formula is C65H79Cl3N4O13S. The lowest BCUT2D eigenvalue weighted by molar-refractivity contribution is -0.132. The van der Waals surface area contributed by atoms with E-state index in [0.29, 0.717) is 75.5 Å². The van der Waals surface area contributed by atoms with E-state index in [2.05, 4.69) is 46.5 Å². The molecule has 3 amide bonds. The minimum atomic E-state index is -1.67. The van der Waals surface area contributed by atoms with Crippen molar-refractivity contribution in [1.29, 1.82) is 0 Å². The predicted octanol–water partition coefficient (Wildman–Crippen LogP) is 13.7. The molecule has 0 spiro atoms. The molecule has 0 aliphatic rings. The molecule has 5 aromatic carbocycles. The van der Waals surface area contributed by atoms with Gasteiger partial charge in [0.2, 0.25) is 9.23 Å². The third kappa shape index (κ3) is 24.7. The van der Waals surface area contributed by atoms with E-state index in [1.54, 1.807) is 81.5 Å². The Morgan fingerprint density at radius 1 is 0.547 bits per heavy atom. The van der Waals surface area contributed by atoms with Crippen molar-refractivity contribution in [3.63, 3.8) is 0 Å². The van der Waals surface area contributed by atoms with Crippen molar-refractivity contribution in [2.75, 3.05) is 0 Å². The van der Waals surface area contributed by atoms with Crippen molar-refractivity contribution in [2.24, 2.45) is 5.84 Å². The number of aryl methyl sites for hydroxylation is 4. The fourth-order valence-corrected chi connectivity index (χ4v) is 8.40. The Balaban J connectivity index is 0.000000589. The Bertz CT molecular complexity index is 3250. The fraction of sp³-hybridized carbons (Fsp3) is 0.323. The summed E-state index contributed by atoms with van der Waals surface area (Å²) in [5, 5.41) is 11.0. The standard InChI is InChI=1S/C26H32N2O4.C13H13ClO3.C13H20N2O.C13H14O4.Cl2OS/c1-9-10-20-11-12-22(18(4)23(20)32-19(5)29)24(30)27-28(26(6,7)8)25(31)21-14-16(2)13-17(3)15-21;1-4-5-10-6-7-11(13(14)16)8(2)12(10)17-9(3)15;1-9-6-10(2)8-11(7-9)12(16)15(14)13(3,4)5;1-4-5-10-6-7-11(13(15)16)8(2)12(10)17-9(3)14;1-4(2)3/h9,11-15H,1,10H2,2-8H3,(H,27,30);4,6-7H,1,5H2,2-3H3;6-8H,14H2,1-5H3;4,6-7H,1,5H2,2-3H3,(H,15,16);. The number of nitrogens with one attached hydrogen (secondary N) is 1. The van der Waals surface area contributed by atoms with Crippen LogP contribution in [0.3, 0.4) is 0 Å². The quantitative estimate of drug-likeness (QED) is 0.0178. The highest BCUT2D eigenvalue weighted by Crippen LogP contribution is 2.31. The molecule has 0 fully saturated rings. The number of hydrogen-bond donors (Lipinski definition) is 3. The van der Waals surface area contributed by atoms with E-state index in [9.17, 15) is 38.4 Å². The second-order valence-corrected chi connectivity index (χ2v) is 24.4. The zero-order valence-corrected chi connectivity index (χ0v) is 54.8. The van der Waals surface area contributed by atoms with Crippen LogP contribution in [0.15, 0.2) is 111 Å². The van der Waals surface area contributed by atoms with Gasteiger partial charge in [0.1, 0.15) is 17.2 Å². The number of aromatic carboxylic acids is 1. The van der Waals surface area contributed by atoms with Crippen molar-refractivity contribution in [1.82, 2.24) is 15.4 Å². The van der Waals surface area contributed by atoms with E-state index < -0.39 is 49.8 Å². The second-order valence-electron chi connectivity index (χ2n) is 21.6. The molecule has 0 aliphatic carbocycles. The highest BCUT2D eigenvalue weighted by atomic mass is 36.0. The summed E-state index contributed by atoms with van der Waals surface area (Å²) >= 11 is 5.45. The summed E-state index contributed by atoms with van der Waals surface area (Å²) in [7, 11) is 7.36. The molecule has 0 heterocycles. The summed E-state index contributed by atoms with van der Waals surface area (Å²) in [6.07, 6.45) is 6.63. The number of hydrazine groups is 2. The highest BCUT2D eigenvalue weighted by Gasteiger charge is 2.31. The van der Waals surface area contributed by atoms with Crippen LogP contribution in [-0.4, -0.2) is 77.3 Å². The van der Waals surface area contributed by atoms with Crippen LogP contribution in [-0.2, 0) is 42.9 Å². The van der Waals surface area contributed by atoms with Gasteiger partial charge in [0, 0.05) is 81.1 Å². The molecular weight excluding hydrogens is 1180 g/mol. The lowest BCUT2D eigenvalue weighted by Crippen LogP contribution is -2.56. The highest BCUT2D eigenvalue weighted by molar-refractivity contribution is 8.26. The van der Waals surface area contributed by atoms with E-state index in [1.807, 2.05) is 93.5 Å². The van der Waals surface area contributed by atoms with Gasteiger partial charge >= 0.3 is 23.9 Å². The minimum Gasteiger partial charge on any atom is -0.478 e. The van der Waals surface area contributed by atoms with Crippen LogP contribution in [0.4, 0.5) is 0 Å². The number of esters is 3. The van der Waals surface area contributed by atoms with Gasteiger partial charge in [-0.1, -0.05) is 70.8 Å². The van der Waals surface area contributed by atoms with Gasteiger partial charge in [-0.3, -0.25) is 44.0 Å². The van der Waals surface area contributed by atoms with Gasteiger partial charge in [0.15, 0.2) is 0 Å². The Kier molecular flexibility index (Phi) is 31.1. The number of carbonyl (C=O) groups excluding carboxylic acids is 7. The molecule has 0 saturated carbocycles. The molecule has 5 aromatic rings. The lowest BCUT2D eigenvalue weighted by atomic mass is 10.0. The third-order valence-electron chi connectivity index (χ3n) is 11.9. The number of rotatable bonds is 14. The first-order valence-corrected chi connectivity index (χ1v) is 29.8. The summed E-state index contributed by atoms with van der Waals surface area (Å²) in [5.74, 6) is 3.53. The minimum absolute atomic E-state index is 0.133. The Hall–Kier alpha value is -7.74. The van der Waals surface area contributed by atoms with Gasteiger partial charge in [-0.2, -0.15) is 0 Å². The first-order valence-electron chi connectivity index (χ1n) is 26.6. The summed E-state index contributed by atoms with van der Waals surface area (Å²) in [6, 6.07) is 21.2. The first kappa shape index (κ1) is 76.3. The van der Waals surface area contributed by atoms with Crippen LogP contribution in [0.5, 0.6) is 17.2 Å². The first-order chi connectivity index (χ1) is 39.7. The molecule has 0 bridgehead atoms. The van der Waals surface area contributed by atoms with Crippen LogP contribution >= 0.6 is 33.0 Å². The van der Waals surface area contributed by atoms with Crippen molar-refractivity contribution in [3.8, 4) is 17.2 Å². The summed E-state index contributed by atoms with van der Waals surface area (Å²) in [5.41, 5.74) is 11.6. The maximum Gasteiger partial charge on any atom is 0.336 e. The van der Waals surface area contributed by atoms with E-state index in [-0.39, 0.29) is 22.9 Å². The van der Waals surface area contributed by atoms with Crippen LogP contribution in [0.25, 0.3) is 0 Å². The van der Waals surface area contributed by atoms with Gasteiger partial charge in [-0.05, 0) is 180 Å². The van der Waals surface area contributed by atoms with Gasteiger partial charge in [0.05, 0.1) is 16.6 Å². The maximum atomic E-state index is 13.3. The molecule has 0 saturated heterocycles. The van der Waals surface area contributed by atoms with Crippen molar-refractivity contribution < 1.29 is 61.9 Å². The number of halogens is 3. The largest absolute Gasteiger partial charge is 0.478 e. The van der Waals surface area contributed by atoms with Gasteiger partial charge in [0.25, 0.3) is 23.0 Å². The van der Waals surface area contributed by atoms with Gasteiger partial charge in [-0.25, -0.2) is 19.9 Å². The molecule has 0 atom stereocenters. The molecule has 464 valence electrons. The Labute approximate surface area is 521 Å². The van der Waals surface area contributed by atoms with E-state index in [0.717, 1.165) is 38.9 Å². The van der Waals surface area contributed by atoms with Crippen LogP contribution in [0.2, 0.25) is 0 Å². The summed E-state index contributed by atoms with van der Waals surface area (Å²) in [6.45, 7) is 39.0. The fourth-order valence-electron chi connectivity index (χ4n) is 8.19. The van der Waals surface area contributed by atoms with Crippen molar-refractivity contribution in [2.45, 2.75) is 141 Å². The zero-order valence-electron chi connectivity index (χ0n) is 51.8. The Morgan fingerprint density at radius 3 is 1.14 bits per heavy atom. The molecule has 5 rings (SSSR count). The summed E-state index contributed by atoms with van der Waals surface area (Å²) < 4.78 is 24.7. The number of benzene rings is 5. The van der Waals surface area contributed by atoms with Crippen LogP contribution in [0.1, 0.15) is 170 Å². The average Bonchev–Trinajstić information content (AvgIpc) is 1.65. The monoisotopic (exact) mass is 1260 g/mol. The Morgan fingerprint density at radius 2 is 0.849 bits per heavy atom. The average molecular weight is 1260 g/mol. The molecule has 21 heteroatoms. The number of allylic oxidation sites excluding steroid dienone is 3. The topological polar surface area (TPSA) is 246 Å². The number of carboxylic acid groups (broad SMARTS) is 1. The summed E-state index contributed by atoms with van der Waals surface area (Å²) in [4.78, 5) is 94.5. The lowest BCUT2D eigenvalue weighted by Gasteiger charge is -2.35. The third-order valence-corrected chi connectivity index (χ3v) is 12.1. The number of amides is 3. The zero-order chi connectivity index (χ0) is 66.3. The number of nitrogens with two attached hydrogens (primary N) is 1. The molecule has 0 radical (unpaired) electrons. The molecule has 17 nitrogen and oxygen atoms in total. The van der Waals surface area contributed by atoms with E-state index in [4.69, 9.17) is 41.0 Å². The van der Waals surface area contributed by atoms with Gasteiger partial charge in [-0.15, -0.1) is 19.7 Å². The number of hydrogen-bond acceptors (Lipinski definition) is 13. The second kappa shape index (κ2) is 35.0. The molecule has 0 aliphatic heterocycles. The number of nitrogens with zero attached hydrogens (tertiary/aromatic N) is 2.